The normalized spacial score (nSPS) is 19.7. The molecule has 20 heavy (non-hydrogen) atoms. The minimum atomic E-state index is -3.66. The van der Waals surface area contributed by atoms with Crippen molar-refractivity contribution in [3.63, 3.8) is 0 Å². The zero-order valence-electron chi connectivity index (χ0n) is 11.6. The second-order valence-electron chi connectivity index (χ2n) is 5.53. The fraction of sp³-hybridized carbons (Fsp3) is 0.750. The van der Waals surface area contributed by atoms with E-state index in [2.05, 4.69) is 9.71 Å². The van der Waals surface area contributed by atoms with Crippen LogP contribution in [0.25, 0.3) is 0 Å². The summed E-state index contributed by atoms with van der Waals surface area (Å²) in [5.74, 6) is 0. The van der Waals surface area contributed by atoms with Crippen molar-refractivity contribution in [1.29, 1.82) is 0 Å². The number of hydrogen-bond donors (Lipinski definition) is 3. The summed E-state index contributed by atoms with van der Waals surface area (Å²) in [6.07, 6.45) is 6.05. The lowest BCUT2D eigenvalue weighted by molar-refractivity contribution is 0.369. The number of hydrogen-bond acceptors (Lipinski definition) is 5. The van der Waals surface area contributed by atoms with Crippen molar-refractivity contribution in [2.45, 2.75) is 55.2 Å². The summed E-state index contributed by atoms with van der Waals surface area (Å²) in [4.78, 5) is 13.3. The Balaban J connectivity index is 2.09. The topological polar surface area (TPSA) is 105 Å². The van der Waals surface area contributed by atoms with E-state index < -0.39 is 15.6 Å². The fourth-order valence-electron chi connectivity index (χ4n) is 2.56. The van der Waals surface area contributed by atoms with Crippen LogP contribution in [-0.2, 0) is 10.0 Å². The third-order valence-corrected chi connectivity index (χ3v) is 6.74. The van der Waals surface area contributed by atoms with E-state index in [4.69, 9.17) is 5.73 Å². The van der Waals surface area contributed by atoms with Gasteiger partial charge in [-0.2, -0.15) is 0 Å². The molecule has 0 saturated heterocycles. The molecule has 1 aromatic rings. The van der Waals surface area contributed by atoms with Gasteiger partial charge in [-0.3, -0.25) is 4.79 Å². The summed E-state index contributed by atoms with van der Waals surface area (Å²) in [6, 6.07) is 0. The van der Waals surface area contributed by atoms with Crippen molar-refractivity contribution in [3.05, 3.63) is 15.4 Å². The second kappa shape index (κ2) is 5.97. The van der Waals surface area contributed by atoms with Gasteiger partial charge in [0.25, 0.3) is 10.0 Å². The molecule has 0 aromatic carbocycles. The highest BCUT2D eigenvalue weighted by Crippen LogP contribution is 2.25. The van der Waals surface area contributed by atoms with Crippen LogP contribution >= 0.6 is 11.3 Å². The standard InChI is InChI=1S/C12H21N3O3S2/c1-9-10(19-11(16)15-9)20(17,18)14-8-12(13)6-4-2-3-5-7-12/h14H,2-8,13H2,1H3,(H,15,16). The summed E-state index contributed by atoms with van der Waals surface area (Å²) in [7, 11) is -3.66. The molecule has 0 bridgehead atoms. The van der Waals surface area contributed by atoms with E-state index in [0.29, 0.717) is 17.0 Å². The molecule has 8 heteroatoms. The Bertz CT molecular complexity index is 610. The average molecular weight is 319 g/mol. The summed E-state index contributed by atoms with van der Waals surface area (Å²) in [5, 5.41) is 0. The maximum absolute atomic E-state index is 12.2. The highest BCUT2D eigenvalue weighted by atomic mass is 32.2. The number of sulfonamides is 1. The number of rotatable bonds is 4. The highest BCUT2D eigenvalue weighted by Gasteiger charge is 2.29. The summed E-state index contributed by atoms with van der Waals surface area (Å²) < 4.78 is 27.1. The van der Waals surface area contributed by atoms with Crippen LogP contribution in [0.15, 0.2) is 9.00 Å². The number of nitrogens with one attached hydrogen (secondary N) is 2. The van der Waals surface area contributed by atoms with Crippen LogP contribution in [0.2, 0.25) is 0 Å². The molecule has 1 heterocycles. The molecule has 0 unspecified atom stereocenters. The quantitative estimate of drug-likeness (QED) is 0.722. The predicted molar refractivity (Wildman–Crippen MR) is 79.5 cm³/mol. The van der Waals surface area contributed by atoms with E-state index in [9.17, 15) is 13.2 Å². The van der Waals surface area contributed by atoms with Gasteiger partial charge in [-0.1, -0.05) is 37.0 Å². The van der Waals surface area contributed by atoms with E-state index in [1.54, 1.807) is 6.92 Å². The Hall–Kier alpha value is -0.700. The first kappa shape index (κ1) is 15.7. The Kier molecular flexibility index (Phi) is 4.68. The van der Waals surface area contributed by atoms with Gasteiger partial charge < -0.3 is 10.7 Å². The molecule has 114 valence electrons. The molecule has 1 aromatic heterocycles. The second-order valence-corrected chi connectivity index (χ2v) is 8.47. The third kappa shape index (κ3) is 3.69. The number of nitrogens with two attached hydrogens (primary N) is 1. The molecular formula is C12H21N3O3S2. The number of H-pyrrole nitrogens is 1. The van der Waals surface area contributed by atoms with Crippen molar-refractivity contribution < 1.29 is 8.42 Å². The van der Waals surface area contributed by atoms with Gasteiger partial charge in [-0.05, 0) is 19.8 Å². The zero-order chi connectivity index (χ0) is 14.8. The predicted octanol–water partition coefficient (Wildman–Crippen LogP) is 1.07. The van der Waals surface area contributed by atoms with Crippen LogP contribution in [0.3, 0.4) is 0 Å². The van der Waals surface area contributed by atoms with Crippen molar-refractivity contribution in [3.8, 4) is 0 Å². The summed E-state index contributed by atoms with van der Waals surface area (Å²) in [5.41, 5.74) is 6.20. The first-order valence-electron chi connectivity index (χ1n) is 6.81. The van der Waals surface area contributed by atoms with Crippen molar-refractivity contribution in [2.75, 3.05) is 6.54 Å². The molecule has 1 fully saturated rings. The van der Waals surface area contributed by atoms with Crippen LogP contribution < -0.4 is 15.3 Å². The van der Waals surface area contributed by atoms with Crippen molar-refractivity contribution in [1.82, 2.24) is 9.71 Å². The van der Waals surface area contributed by atoms with E-state index in [-0.39, 0.29) is 15.6 Å². The number of thiazole rings is 1. The molecule has 0 atom stereocenters. The van der Waals surface area contributed by atoms with Crippen LogP contribution in [0.1, 0.15) is 44.2 Å². The maximum atomic E-state index is 12.2. The van der Waals surface area contributed by atoms with Crippen LogP contribution in [-0.4, -0.2) is 25.5 Å². The molecule has 0 radical (unpaired) electrons. The number of aromatic amines is 1. The highest BCUT2D eigenvalue weighted by molar-refractivity contribution is 7.91. The lowest BCUT2D eigenvalue weighted by Gasteiger charge is -2.28. The Morgan fingerprint density at radius 3 is 2.40 bits per heavy atom. The zero-order valence-corrected chi connectivity index (χ0v) is 13.2. The average Bonchev–Trinajstić information content (AvgIpc) is 2.59. The lowest BCUT2D eigenvalue weighted by Crippen LogP contribution is -2.49. The Morgan fingerprint density at radius 1 is 1.30 bits per heavy atom. The molecule has 1 aliphatic carbocycles. The van der Waals surface area contributed by atoms with E-state index in [1.165, 1.54) is 0 Å². The first-order valence-corrected chi connectivity index (χ1v) is 9.11. The van der Waals surface area contributed by atoms with E-state index in [1.807, 2.05) is 0 Å². The molecular weight excluding hydrogens is 298 g/mol. The van der Waals surface area contributed by atoms with Gasteiger partial charge in [0.2, 0.25) is 0 Å². The molecule has 1 aliphatic rings. The van der Waals surface area contributed by atoms with Gasteiger partial charge in [0.05, 0.1) is 0 Å². The molecule has 6 nitrogen and oxygen atoms in total. The van der Waals surface area contributed by atoms with Crippen molar-refractivity contribution >= 4 is 21.4 Å². The third-order valence-electron chi connectivity index (χ3n) is 3.74. The molecule has 1 saturated carbocycles. The van der Waals surface area contributed by atoms with Crippen molar-refractivity contribution in [2.24, 2.45) is 5.73 Å². The van der Waals surface area contributed by atoms with Crippen LogP contribution in [0.5, 0.6) is 0 Å². The molecule has 0 spiro atoms. The maximum Gasteiger partial charge on any atom is 0.305 e. The van der Waals surface area contributed by atoms with Gasteiger partial charge in [0.1, 0.15) is 0 Å². The molecule has 2 rings (SSSR count). The van der Waals surface area contributed by atoms with E-state index in [0.717, 1.165) is 38.5 Å². The largest absolute Gasteiger partial charge is 0.324 e. The molecule has 4 N–H and O–H groups in total. The minimum Gasteiger partial charge on any atom is -0.324 e. The smallest absolute Gasteiger partial charge is 0.305 e. The molecule has 0 amide bonds. The van der Waals surface area contributed by atoms with Gasteiger partial charge in [0.15, 0.2) is 4.21 Å². The number of aryl methyl sites for hydroxylation is 1. The summed E-state index contributed by atoms with van der Waals surface area (Å²) in [6.45, 7) is 1.80. The molecule has 0 aliphatic heterocycles. The lowest BCUT2D eigenvalue weighted by atomic mass is 9.92. The fourth-order valence-corrected chi connectivity index (χ4v) is 5.04. The van der Waals surface area contributed by atoms with Gasteiger partial charge in [0, 0.05) is 17.8 Å². The Morgan fingerprint density at radius 2 is 1.90 bits per heavy atom. The van der Waals surface area contributed by atoms with Gasteiger partial charge in [-0.25, -0.2) is 13.1 Å². The first-order chi connectivity index (χ1) is 9.32. The van der Waals surface area contributed by atoms with E-state index >= 15 is 0 Å². The number of aromatic nitrogens is 1. The van der Waals surface area contributed by atoms with Crippen LogP contribution in [0, 0.1) is 6.92 Å². The van der Waals surface area contributed by atoms with Gasteiger partial charge >= 0.3 is 4.87 Å². The SMILES string of the molecule is Cc1[nH]c(=O)sc1S(=O)(=O)NCC1(N)CCCCCC1. The van der Waals surface area contributed by atoms with Crippen LogP contribution in [0.4, 0.5) is 0 Å². The minimum absolute atomic E-state index is 0.0553. The van der Waals surface area contributed by atoms with Gasteiger partial charge in [-0.15, -0.1) is 0 Å². The Labute approximate surface area is 122 Å². The monoisotopic (exact) mass is 319 g/mol. The summed E-state index contributed by atoms with van der Waals surface area (Å²) >= 11 is 0.709.